The Morgan fingerprint density at radius 3 is 2.40 bits per heavy atom. The van der Waals surface area contributed by atoms with Crippen molar-refractivity contribution >= 4 is 6.01 Å². The molecule has 0 radical (unpaired) electrons. The Morgan fingerprint density at radius 1 is 1.10 bits per heavy atom. The lowest BCUT2D eigenvalue weighted by Crippen LogP contribution is -2.19. The molecule has 20 heavy (non-hydrogen) atoms. The van der Waals surface area contributed by atoms with Gasteiger partial charge in [0.15, 0.2) is 0 Å². The van der Waals surface area contributed by atoms with Gasteiger partial charge in [0.25, 0.3) is 0 Å². The number of hydrogen-bond acceptors (Lipinski definition) is 5. The highest BCUT2D eigenvalue weighted by Crippen LogP contribution is 2.49. The van der Waals surface area contributed by atoms with E-state index in [4.69, 9.17) is 4.42 Å². The predicted octanol–water partition coefficient (Wildman–Crippen LogP) is 2.66. The lowest BCUT2D eigenvalue weighted by atomic mass is 9.98. The van der Waals surface area contributed by atoms with E-state index in [-0.39, 0.29) is 0 Å². The van der Waals surface area contributed by atoms with Crippen molar-refractivity contribution in [3.8, 4) is 0 Å². The van der Waals surface area contributed by atoms with Crippen LogP contribution in [0.15, 0.2) is 4.42 Å². The van der Waals surface area contributed by atoms with Crippen molar-refractivity contribution in [2.24, 2.45) is 23.7 Å². The Bertz CT molecular complexity index is 411. The monoisotopic (exact) mass is 278 g/mol. The quantitative estimate of drug-likeness (QED) is 0.727. The highest BCUT2D eigenvalue weighted by atomic mass is 16.4. The summed E-state index contributed by atoms with van der Waals surface area (Å²) < 4.78 is 5.62. The van der Waals surface area contributed by atoms with E-state index < -0.39 is 0 Å². The van der Waals surface area contributed by atoms with Crippen molar-refractivity contribution in [2.75, 3.05) is 18.4 Å². The van der Waals surface area contributed by atoms with Gasteiger partial charge in [-0.3, -0.25) is 0 Å². The lowest BCUT2D eigenvalue weighted by Gasteiger charge is -2.14. The summed E-state index contributed by atoms with van der Waals surface area (Å²) in [6.07, 6.45) is 5.65. The maximum atomic E-state index is 5.62. The Labute approximate surface area is 120 Å². The van der Waals surface area contributed by atoms with Gasteiger partial charge in [0.05, 0.1) is 6.54 Å². The first-order valence-electron chi connectivity index (χ1n) is 7.99. The molecule has 0 spiro atoms. The molecule has 5 nitrogen and oxygen atoms in total. The average Bonchev–Trinajstić information content (AvgIpc) is 3.31. The van der Waals surface area contributed by atoms with Gasteiger partial charge in [-0.05, 0) is 55.9 Å². The van der Waals surface area contributed by atoms with E-state index in [1.165, 1.54) is 25.7 Å². The van der Waals surface area contributed by atoms with E-state index in [0.717, 1.165) is 30.8 Å². The third-order valence-electron chi connectivity index (χ3n) is 4.24. The molecular formula is C15H26N4O. The van der Waals surface area contributed by atoms with Gasteiger partial charge in [-0.25, -0.2) is 0 Å². The molecular weight excluding hydrogens is 252 g/mol. The minimum Gasteiger partial charge on any atom is -0.407 e. The van der Waals surface area contributed by atoms with E-state index in [1.54, 1.807) is 0 Å². The highest BCUT2D eigenvalue weighted by molar-refractivity contribution is 5.17. The van der Waals surface area contributed by atoms with Crippen LogP contribution in [0.5, 0.6) is 0 Å². The first-order chi connectivity index (χ1) is 9.72. The van der Waals surface area contributed by atoms with Crippen molar-refractivity contribution in [1.29, 1.82) is 0 Å². The van der Waals surface area contributed by atoms with Gasteiger partial charge < -0.3 is 15.1 Å². The molecule has 2 N–H and O–H groups in total. The average molecular weight is 278 g/mol. The summed E-state index contributed by atoms with van der Waals surface area (Å²) in [5.41, 5.74) is 0. The van der Waals surface area contributed by atoms with Gasteiger partial charge in [-0.1, -0.05) is 18.9 Å². The van der Waals surface area contributed by atoms with E-state index in [9.17, 15) is 0 Å². The summed E-state index contributed by atoms with van der Waals surface area (Å²) in [6, 6.07) is 0.581. The molecule has 2 fully saturated rings. The molecule has 1 aromatic rings. The summed E-state index contributed by atoms with van der Waals surface area (Å²) in [6.45, 7) is 6.99. The fourth-order valence-corrected chi connectivity index (χ4v) is 2.84. The smallest absolute Gasteiger partial charge is 0.315 e. The molecule has 0 unspecified atom stereocenters. The summed E-state index contributed by atoms with van der Waals surface area (Å²) in [5.74, 6) is 4.02. The topological polar surface area (TPSA) is 63.0 Å². The van der Waals surface area contributed by atoms with E-state index in [1.807, 2.05) is 0 Å². The zero-order valence-corrected chi connectivity index (χ0v) is 12.6. The van der Waals surface area contributed by atoms with Crippen LogP contribution < -0.4 is 10.6 Å². The van der Waals surface area contributed by atoms with Crippen LogP contribution in [-0.2, 0) is 6.54 Å². The maximum absolute atomic E-state index is 5.62. The maximum Gasteiger partial charge on any atom is 0.315 e. The fourth-order valence-electron chi connectivity index (χ4n) is 2.84. The number of nitrogens with zero attached hydrogens (tertiary/aromatic N) is 2. The van der Waals surface area contributed by atoms with Crippen LogP contribution in [-0.4, -0.2) is 23.3 Å². The SMILES string of the molecule is CC(C)CNCc1nnc(NCC(C2CC2)C2CC2)o1. The number of aromatic nitrogens is 2. The molecule has 0 atom stereocenters. The molecule has 5 heteroatoms. The van der Waals surface area contributed by atoms with Crippen molar-refractivity contribution in [1.82, 2.24) is 15.5 Å². The first kappa shape index (κ1) is 13.9. The Morgan fingerprint density at radius 2 is 1.80 bits per heavy atom. The second-order valence-electron chi connectivity index (χ2n) is 6.75. The van der Waals surface area contributed by atoms with Crippen molar-refractivity contribution in [2.45, 2.75) is 46.1 Å². The van der Waals surface area contributed by atoms with Crippen molar-refractivity contribution in [3.05, 3.63) is 5.89 Å². The Balaban J connectivity index is 1.42. The third-order valence-corrected chi connectivity index (χ3v) is 4.24. The molecule has 0 aromatic carbocycles. The van der Waals surface area contributed by atoms with E-state index in [0.29, 0.717) is 24.4 Å². The third kappa shape index (κ3) is 3.95. The molecule has 0 saturated heterocycles. The lowest BCUT2D eigenvalue weighted by molar-refractivity contribution is 0.416. The number of anilines is 1. The Hall–Kier alpha value is -1.10. The highest BCUT2D eigenvalue weighted by Gasteiger charge is 2.41. The zero-order chi connectivity index (χ0) is 13.9. The summed E-state index contributed by atoms with van der Waals surface area (Å²) >= 11 is 0. The van der Waals surface area contributed by atoms with E-state index in [2.05, 4.69) is 34.7 Å². The van der Waals surface area contributed by atoms with Crippen LogP contribution in [0, 0.1) is 23.7 Å². The van der Waals surface area contributed by atoms with Crippen LogP contribution in [0.3, 0.4) is 0 Å². The van der Waals surface area contributed by atoms with Gasteiger partial charge in [0, 0.05) is 6.54 Å². The minimum absolute atomic E-state index is 0.581. The summed E-state index contributed by atoms with van der Waals surface area (Å²) in [4.78, 5) is 0. The first-order valence-corrected chi connectivity index (χ1v) is 7.99. The number of rotatable bonds is 9. The molecule has 0 bridgehead atoms. The molecule has 0 aliphatic heterocycles. The van der Waals surface area contributed by atoms with Crippen LogP contribution in [0.4, 0.5) is 6.01 Å². The molecule has 1 aromatic heterocycles. The zero-order valence-electron chi connectivity index (χ0n) is 12.6. The van der Waals surface area contributed by atoms with Crippen LogP contribution in [0.25, 0.3) is 0 Å². The molecule has 2 aliphatic rings. The normalized spacial score (nSPS) is 19.0. The predicted molar refractivity (Wildman–Crippen MR) is 78.3 cm³/mol. The number of hydrogen-bond donors (Lipinski definition) is 2. The van der Waals surface area contributed by atoms with E-state index >= 15 is 0 Å². The van der Waals surface area contributed by atoms with Gasteiger partial charge in [0.2, 0.25) is 5.89 Å². The number of nitrogens with one attached hydrogen (secondary N) is 2. The van der Waals surface area contributed by atoms with Crippen molar-refractivity contribution < 1.29 is 4.42 Å². The second-order valence-corrected chi connectivity index (χ2v) is 6.75. The van der Waals surface area contributed by atoms with Crippen LogP contribution in [0.2, 0.25) is 0 Å². The summed E-state index contributed by atoms with van der Waals surface area (Å²) in [5, 5.41) is 14.8. The largest absolute Gasteiger partial charge is 0.407 e. The summed E-state index contributed by atoms with van der Waals surface area (Å²) in [7, 11) is 0. The minimum atomic E-state index is 0.581. The van der Waals surface area contributed by atoms with Gasteiger partial charge >= 0.3 is 6.01 Å². The van der Waals surface area contributed by atoms with Crippen LogP contribution in [0.1, 0.15) is 45.4 Å². The van der Waals surface area contributed by atoms with Crippen molar-refractivity contribution in [3.63, 3.8) is 0 Å². The van der Waals surface area contributed by atoms with Gasteiger partial charge in [-0.2, -0.15) is 0 Å². The standard InChI is InChI=1S/C15H26N4O/c1-10(2)7-16-9-14-18-19-15(20-14)17-8-13(11-3-4-11)12-5-6-12/h10-13,16H,3-9H2,1-2H3,(H,17,19). The molecule has 112 valence electrons. The molecule has 0 amide bonds. The molecule has 2 saturated carbocycles. The molecule has 3 rings (SSSR count). The Kier molecular flexibility index (Phi) is 4.24. The fraction of sp³-hybridized carbons (Fsp3) is 0.867. The molecule has 2 aliphatic carbocycles. The molecule has 1 heterocycles. The van der Waals surface area contributed by atoms with Gasteiger partial charge in [0.1, 0.15) is 0 Å². The van der Waals surface area contributed by atoms with Gasteiger partial charge in [-0.15, -0.1) is 5.10 Å². The second kappa shape index (κ2) is 6.12. The van der Waals surface area contributed by atoms with Crippen LogP contribution >= 0.6 is 0 Å².